The summed E-state index contributed by atoms with van der Waals surface area (Å²) in [6.45, 7) is 1.24. The third-order valence-corrected chi connectivity index (χ3v) is 2.68. The summed E-state index contributed by atoms with van der Waals surface area (Å²) in [7, 11) is 0. The molecule has 2 atom stereocenters. The number of benzene rings is 1. The van der Waals surface area contributed by atoms with Crippen LogP contribution in [0, 0.1) is 5.92 Å². The molecule has 0 aliphatic carbocycles. The van der Waals surface area contributed by atoms with E-state index < -0.39 is 0 Å². The van der Waals surface area contributed by atoms with Gasteiger partial charge in [-0.05, 0) is 17.9 Å². The van der Waals surface area contributed by atoms with Gasteiger partial charge in [0.2, 0.25) is 0 Å². The molecular weight excluding hydrogens is 162 g/mol. The van der Waals surface area contributed by atoms with Crippen molar-refractivity contribution in [3.63, 3.8) is 0 Å². The first kappa shape index (κ1) is 8.73. The molecule has 2 nitrogen and oxygen atoms in total. The molecule has 1 saturated heterocycles. The fraction of sp³-hybridized carbons (Fsp3) is 0.455. The second kappa shape index (κ2) is 3.90. The molecule has 0 saturated carbocycles. The van der Waals surface area contributed by atoms with Gasteiger partial charge in [-0.25, -0.2) is 0 Å². The molecule has 0 aromatic heterocycles. The Kier molecular flexibility index (Phi) is 2.62. The smallest absolute Gasteiger partial charge is 0.0472 e. The molecule has 0 bridgehead atoms. The lowest BCUT2D eigenvalue weighted by Gasteiger charge is -2.09. The van der Waals surface area contributed by atoms with Gasteiger partial charge < -0.3 is 10.4 Å². The van der Waals surface area contributed by atoms with E-state index in [9.17, 15) is 0 Å². The Morgan fingerprint density at radius 3 is 2.69 bits per heavy atom. The second-order valence-electron chi connectivity index (χ2n) is 3.66. The van der Waals surface area contributed by atoms with Gasteiger partial charge in [0.1, 0.15) is 0 Å². The van der Waals surface area contributed by atoms with Gasteiger partial charge >= 0.3 is 0 Å². The highest BCUT2D eigenvalue weighted by molar-refractivity contribution is 5.19. The quantitative estimate of drug-likeness (QED) is 0.714. The van der Waals surface area contributed by atoms with Gasteiger partial charge in [-0.15, -0.1) is 0 Å². The molecule has 70 valence electrons. The van der Waals surface area contributed by atoms with Crippen LogP contribution in [0.15, 0.2) is 30.3 Å². The number of hydrogen-bond acceptors (Lipinski definition) is 2. The van der Waals surface area contributed by atoms with Crippen molar-refractivity contribution in [2.75, 3.05) is 13.2 Å². The van der Waals surface area contributed by atoms with E-state index in [2.05, 4.69) is 29.6 Å². The molecule has 0 amide bonds. The lowest BCUT2D eigenvalue weighted by Crippen LogP contribution is -2.14. The Morgan fingerprint density at radius 1 is 1.31 bits per heavy atom. The van der Waals surface area contributed by atoms with Crippen LogP contribution in [-0.4, -0.2) is 18.3 Å². The van der Waals surface area contributed by atoms with Crippen LogP contribution < -0.4 is 5.32 Å². The van der Waals surface area contributed by atoms with Gasteiger partial charge in [0.15, 0.2) is 0 Å². The van der Waals surface area contributed by atoms with Gasteiger partial charge in [-0.3, -0.25) is 0 Å². The van der Waals surface area contributed by atoms with Crippen LogP contribution in [0.4, 0.5) is 0 Å². The standard InChI is InChI=1S/C11H15NO/c13-8-9-6-11(12-7-9)10-4-2-1-3-5-10/h1-5,9,11-13H,6-8H2/t9-,11+/m1/s1. The summed E-state index contributed by atoms with van der Waals surface area (Å²) in [6.07, 6.45) is 1.06. The highest BCUT2D eigenvalue weighted by Crippen LogP contribution is 2.26. The van der Waals surface area contributed by atoms with Gasteiger partial charge in [0.05, 0.1) is 0 Å². The minimum absolute atomic E-state index is 0.302. The summed E-state index contributed by atoms with van der Waals surface area (Å²) in [5, 5.41) is 12.4. The zero-order chi connectivity index (χ0) is 9.10. The summed E-state index contributed by atoms with van der Waals surface area (Å²) in [4.78, 5) is 0. The van der Waals surface area contributed by atoms with Gasteiger partial charge in [-0.1, -0.05) is 30.3 Å². The molecule has 2 rings (SSSR count). The van der Waals surface area contributed by atoms with E-state index in [4.69, 9.17) is 5.11 Å². The Labute approximate surface area is 78.6 Å². The third kappa shape index (κ3) is 1.90. The lowest BCUT2D eigenvalue weighted by atomic mass is 10.0. The van der Waals surface area contributed by atoms with Crippen molar-refractivity contribution in [2.45, 2.75) is 12.5 Å². The van der Waals surface area contributed by atoms with Crippen LogP contribution in [0.1, 0.15) is 18.0 Å². The zero-order valence-electron chi connectivity index (χ0n) is 7.61. The average molecular weight is 177 g/mol. The third-order valence-electron chi connectivity index (χ3n) is 2.68. The normalized spacial score (nSPS) is 27.8. The fourth-order valence-corrected chi connectivity index (χ4v) is 1.89. The van der Waals surface area contributed by atoms with E-state index >= 15 is 0 Å². The van der Waals surface area contributed by atoms with E-state index in [1.807, 2.05) is 6.07 Å². The molecule has 1 aliphatic heterocycles. The molecule has 0 radical (unpaired) electrons. The summed E-state index contributed by atoms with van der Waals surface area (Å²) >= 11 is 0. The number of rotatable bonds is 2. The van der Waals surface area contributed by atoms with Crippen molar-refractivity contribution in [2.24, 2.45) is 5.92 Å². The minimum Gasteiger partial charge on any atom is -0.396 e. The van der Waals surface area contributed by atoms with E-state index in [0.29, 0.717) is 18.6 Å². The minimum atomic E-state index is 0.302. The molecule has 0 spiro atoms. The second-order valence-corrected chi connectivity index (χ2v) is 3.66. The Bertz CT molecular complexity index is 260. The molecule has 1 aliphatic rings. The molecule has 2 heteroatoms. The maximum atomic E-state index is 8.99. The van der Waals surface area contributed by atoms with Gasteiger partial charge in [0, 0.05) is 19.2 Å². The van der Waals surface area contributed by atoms with Gasteiger partial charge in [0.25, 0.3) is 0 Å². The predicted octanol–water partition coefficient (Wildman–Crippen LogP) is 1.33. The van der Waals surface area contributed by atoms with E-state index in [1.165, 1.54) is 5.56 Å². The predicted molar refractivity (Wildman–Crippen MR) is 52.4 cm³/mol. The number of hydrogen-bond donors (Lipinski definition) is 2. The fourth-order valence-electron chi connectivity index (χ4n) is 1.89. The molecule has 1 fully saturated rings. The van der Waals surface area contributed by atoms with E-state index in [1.54, 1.807) is 0 Å². The summed E-state index contributed by atoms with van der Waals surface area (Å²) in [6, 6.07) is 10.9. The number of aliphatic hydroxyl groups excluding tert-OH is 1. The zero-order valence-corrected chi connectivity index (χ0v) is 7.61. The van der Waals surface area contributed by atoms with E-state index in [0.717, 1.165) is 13.0 Å². The molecule has 1 heterocycles. The van der Waals surface area contributed by atoms with Crippen molar-refractivity contribution in [3.05, 3.63) is 35.9 Å². The summed E-state index contributed by atoms with van der Waals surface area (Å²) in [5.41, 5.74) is 1.33. The van der Waals surface area contributed by atoms with Crippen molar-refractivity contribution in [3.8, 4) is 0 Å². The van der Waals surface area contributed by atoms with Crippen LogP contribution in [0.25, 0.3) is 0 Å². The van der Waals surface area contributed by atoms with Crippen LogP contribution in [-0.2, 0) is 0 Å². The maximum Gasteiger partial charge on any atom is 0.0472 e. The molecule has 0 unspecified atom stereocenters. The summed E-state index contributed by atoms with van der Waals surface area (Å²) in [5.74, 6) is 0.435. The number of nitrogens with one attached hydrogen (secondary N) is 1. The Morgan fingerprint density at radius 2 is 2.08 bits per heavy atom. The maximum absolute atomic E-state index is 8.99. The van der Waals surface area contributed by atoms with Crippen molar-refractivity contribution in [1.82, 2.24) is 5.32 Å². The largest absolute Gasteiger partial charge is 0.396 e. The molecule has 1 aromatic rings. The molecule has 13 heavy (non-hydrogen) atoms. The number of aliphatic hydroxyl groups is 1. The topological polar surface area (TPSA) is 32.3 Å². The first-order valence-electron chi connectivity index (χ1n) is 4.79. The lowest BCUT2D eigenvalue weighted by molar-refractivity contribution is 0.236. The Balaban J connectivity index is 2.04. The summed E-state index contributed by atoms with van der Waals surface area (Å²) < 4.78 is 0. The highest BCUT2D eigenvalue weighted by Gasteiger charge is 2.23. The van der Waals surface area contributed by atoms with Crippen LogP contribution in [0.5, 0.6) is 0 Å². The van der Waals surface area contributed by atoms with Crippen LogP contribution >= 0.6 is 0 Å². The van der Waals surface area contributed by atoms with Crippen molar-refractivity contribution in [1.29, 1.82) is 0 Å². The van der Waals surface area contributed by atoms with Gasteiger partial charge in [-0.2, -0.15) is 0 Å². The first-order valence-corrected chi connectivity index (χ1v) is 4.79. The molecule has 1 aromatic carbocycles. The van der Waals surface area contributed by atoms with Crippen LogP contribution in [0.3, 0.4) is 0 Å². The monoisotopic (exact) mass is 177 g/mol. The Hall–Kier alpha value is -0.860. The van der Waals surface area contributed by atoms with Crippen LogP contribution in [0.2, 0.25) is 0 Å². The first-order chi connectivity index (χ1) is 6.40. The van der Waals surface area contributed by atoms with Crippen molar-refractivity contribution >= 4 is 0 Å². The van der Waals surface area contributed by atoms with Crippen molar-refractivity contribution < 1.29 is 5.11 Å². The average Bonchev–Trinajstić information content (AvgIpc) is 2.67. The molecular formula is C11H15NO. The highest BCUT2D eigenvalue weighted by atomic mass is 16.3. The SMILES string of the molecule is OC[C@H]1CN[C@H](c2ccccc2)C1. The molecule has 2 N–H and O–H groups in total. The van der Waals surface area contributed by atoms with E-state index in [-0.39, 0.29) is 0 Å².